The van der Waals surface area contributed by atoms with Gasteiger partial charge in [-0.1, -0.05) is 70.7 Å². The fraction of sp³-hybridized carbons (Fsp3) is 0.400. The van der Waals surface area contributed by atoms with Crippen LogP contribution in [-0.4, -0.2) is 61.1 Å². The van der Waals surface area contributed by atoms with Crippen LogP contribution in [0.3, 0.4) is 0 Å². The van der Waals surface area contributed by atoms with Crippen LogP contribution in [0.15, 0.2) is 42.9 Å². The number of halogens is 1. The predicted molar refractivity (Wildman–Crippen MR) is 166 cm³/mol. The highest BCUT2D eigenvalue weighted by Crippen LogP contribution is 2.45. The second-order valence-electron chi connectivity index (χ2n) is 8.72. The van der Waals surface area contributed by atoms with Crippen molar-refractivity contribution in [3.8, 4) is 11.8 Å². The van der Waals surface area contributed by atoms with Crippen molar-refractivity contribution in [3.63, 3.8) is 0 Å². The number of anilines is 1. The van der Waals surface area contributed by atoms with Crippen LogP contribution in [0.2, 0.25) is 0 Å². The predicted octanol–water partition coefficient (Wildman–Crippen LogP) is 5.11. The first kappa shape index (κ1) is 31.1. The van der Waals surface area contributed by atoms with Crippen LogP contribution in [0.25, 0.3) is 11.0 Å². The molecule has 40 heavy (non-hydrogen) atoms. The highest BCUT2D eigenvalue weighted by Gasteiger charge is 2.40. The van der Waals surface area contributed by atoms with Gasteiger partial charge < -0.3 is 34.5 Å². The molecule has 15 heteroatoms. The van der Waals surface area contributed by atoms with Gasteiger partial charge in [-0.2, -0.15) is 0 Å². The second kappa shape index (κ2) is 14.4. The van der Waals surface area contributed by atoms with Gasteiger partial charge in [0.1, 0.15) is 35.6 Å². The van der Waals surface area contributed by atoms with Gasteiger partial charge in [-0.3, -0.25) is 9.36 Å². The minimum absolute atomic E-state index is 0.127. The van der Waals surface area contributed by atoms with Crippen molar-refractivity contribution in [3.05, 3.63) is 54.0 Å². The molecule has 1 fully saturated rings. The maximum atomic E-state index is 11.9. The third-order valence-electron chi connectivity index (χ3n) is 5.79. The van der Waals surface area contributed by atoms with Crippen molar-refractivity contribution >= 4 is 72.5 Å². The summed E-state index contributed by atoms with van der Waals surface area (Å²) in [7, 11) is -0.455. The van der Waals surface area contributed by atoms with Crippen molar-refractivity contribution in [2.24, 2.45) is 0 Å². The number of ether oxygens (including phenoxy) is 2. The summed E-state index contributed by atoms with van der Waals surface area (Å²) in [6.07, 6.45) is 1.93. The number of fused-ring (bicyclic) bond motifs is 1. The molecule has 3 aromatic rings. The zero-order valence-corrected chi connectivity index (χ0v) is 26.4. The first-order valence-electron chi connectivity index (χ1n) is 12.3. The molecule has 11 nitrogen and oxygen atoms in total. The average Bonchev–Trinajstić information content (AvgIpc) is 3.49. The Labute approximate surface area is 253 Å². The fourth-order valence-corrected chi connectivity index (χ4v) is 6.69. The highest BCUT2D eigenvalue weighted by atomic mass is 127. The lowest BCUT2D eigenvalue weighted by molar-refractivity contribution is -0.0620. The number of nitrogens with zero attached hydrogens (tertiary/aromatic N) is 3. The van der Waals surface area contributed by atoms with E-state index in [0.717, 1.165) is 18.0 Å². The van der Waals surface area contributed by atoms with Gasteiger partial charge in [-0.25, -0.2) is 9.97 Å². The summed E-state index contributed by atoms with van der Waals surface area (Å²) in [5.74, 6) is 7.12. The van der Waals surface area contributed by atoms with E-state index in [4.69, 9.17) is 19.7 Å². The quantitative estimate of drug-likeness (QED) is 0.0462. The van der Waals surface area contributed by atoms with Crippen LogP contribution in [0.1, 0.15) is 36.1 Å². The van der Waals surface area contributed by atoms with Crippen LogP contribution in [0, 0.1) is 11.8 Å². The van der Waals surface area contributed by atoms with Gasteiger partial charge in [-0.05, 0) is 5.56 Å². The molecule has 1 aliphatic rings. The Balaban J connectivity index is 1.65. The molecule has 0 radical (unpaired) electrons. The van der Waals surface area contributed by atoms with E-state index in [1.54, 1.807) is 50.4 Å². The number of nitrogen functional groups attached to an aromatic ring is 1. The molecule has 3 heterocycles. The minimum atomic E-state index is -3.75. The molecule has 0 bridgehead atoms. The molecule has 1 aliphatic heterocycles. The maximum absolute atomic E-state index is 11.9. The van der Waals surface area contributed by atoms with Gasteiger partial charge in [0.25, 0.3) is 3.91 Å². The summed E-state index contributed by atoms with van der Waals surface area (Å²) < 4.78 is 31.8. The summed E-state index contributed by atoms with van der Waals surface area (Å²) in [5.41, 5.74) is 8.02. The smallest absolute Gasteiger partial charge is 0.325 e. The average molecular weight is 718 g/mol. The SMILES string of the molecule is CCSSC(OC1CC(n2cc(C#CCNC(=O)I)c3c(N)ncnc32)OC1COP(C)(=O)O)c1ccccc1. The highest BCUT2D eigenvalue weighted by molar-refractivity contribution is 14.1. The lowest BCUT2D eigenvalue weighted by Gasteiger charge is -2.25. The molecular weight excluding hydrogens is 688 g/mol. The van der Waals surface area contributed by atoms with E-state index >= 15 is 0 Å². The van der Waals surface area contributed by atoms with Gasteiger partial charge in [0.15, 0.2) is 0 Å². The summed E-state index contributed by atoms with van der Waals surface area (Å²) in [5, 5.41) is 3.20. The van der Waals surface area contributed by atoms with Crippen LogP contribution >= 0.6 is 51.8 Å². The summed E-state index contributed by atoms with van der Waals surface area (Å²) in [4.78, 5) is 29.5. The number of amides is 1. The molecule has 0 spiro atoms. The summed E-state index contributed by atoms with van der Waals surface area (Å²) in [6, 6.07) is 9.88. The summed E-state index contributed by atoms with van der Waals surface area (Å²) >= 11 is 1.64. The molecule has 4 N–H and O–H groups in total. The van der Waals surface area contributed by atoms with Gasteiger partial charge in [0.2, 0.25) is 0 Å². The molecule has 1 saturated heterocycles. The number of hydrogen-bond donors (Lipinski definition) is 3. The van der Waals surface area contributed by atoms with E-state index in [2.05, 4.69) is 34.0 Å². The maximum Gasteiger partial charge on any atom is 0.325 e. The Hall–Kier alpha value is -1.83. The molecule has 5 atom stereocenters. The Morgan fingerprint density at radius 3 is 2.88 bits per heavy atom. The van der Waals surface area contributed by atoms with Gasteiger partial charge >= 0.3 is 7.60 Å². The first-order valence-corrected chi connectivity index (χ1v) is 17.8. The Morgan fingerprint density at radius 1 is 1.40 bits per heavy atom. The minimum Gasteiger partial charge on any atom is -0.383 e. The third-order valence-corrected chi connectivity index (χ3v) is 9.37. The number of hydrogen-bond acceptors (Lipinski definition) is 10. The van der Waals surface area contributed by atoms with Crippen molar-refractivity contribution in [1.82, 2.24) is 19.9 Å². The second-order valence-corrected chi connectivity index (χ2v) is 14.3. The Kier molecular flexibility index (Phi) is 11.2. The third kappa shape index (κ3) is 8.36. The number of nitrogens with one attached hydrogen (secondary N) is 1. The van der Waals surface area contributed by atoms with Gasteiger partial charge in [-0.15, -0.1) is 0 Å². The van der Waals surface area contributed by atoms with E-state index in [0.29, 0.717) is 23.0 Å². The largest absolute Gasteiger partial charge is 0.383 e. The van der Waals surface area contributed by atoms with Crippen LogP contribution in [-0.2, 0) is 18.6 Å². The number of carbonyl (C=O) groups excluding carboxylic acids is 1. The van der Waals surface area contributed by atoms with Crippen molar-refractivity contribution < 1.29 is 28.3 Å². The topological polar surface area (TPSA) is 151 Å². The standard InChI is InChI=1S/C25H29IN5O6PS2/c1-3-39-40-24(16-8-5-4-6-9-16)37-18-12-20(36-19(18)14-35-38(2,33)34)31-13-17(10-7-11-28-25(26)32)21-22(27)29-15-30-23(21)31/h4-6,8-9,13,15,18-20,24H,3,11-12,14H2,1-2H3,(H,28,32)(H,33,34)(H2,27,29,30). The normalized spacial score (nSPS) is 20.9. The lowest BCUT2D eigenvalue weighted by atomic mass is 10.1. The molecule has 1 amide bonds. The van der Waals surface area contributed by atoms with E-state index in [1.807, 2.05) is 34.9 Å². The van der Waals surface area contributed by atoms with E-state index < -0.39 is 26.0 Å². The van der Waals surface area contributed by atoms with Gasteiger partial charge in [0.05, 0.1) is 30.2 Å². The van der Waals surface area contributed by atoms with Crippen LogP contribution in [0.5, 0.6) is 0 Å². The molecule has 0 aliphatic carbocycles. The Bertz CT molecular complexity index is 1430. The van der Waals surface area contributed by atoms with Crippen LogP contribution < -0.4 is 11.1 Å². The first-order chi connectivity index (χ1) is 19.2. The molecule has 1 aromatic carbocycles. The van der Waals surface area contributed by atoms with E-state index in [9.17, 15) is 14.3 Å². The fourth-order valence-electron chi connectivity index (χ4n) is 4.11. The molecule has 0 saturated carbocycles. The zero-order valence-electron chi connectivity index (χ0n) is 21.7. The molecule has 214 valence electrons. The summed E-state index contributed by atoms with van der Waals surface area (Å²) in [6.45, 7) is 3.26. The van der Waals surface area contributed by atoms with Crippen molar-refractivity contribution in [2.45, 2.75) is 37.2 Å². The van der Waals surface area contributed by atoms with Crippen molar-refractivity contribution in [1.29, 1.82) is 0 Å². The van der Waals surface area contributed by atoms with E-state index in [1.165, 1.54) is 6.33 Å². The van der Waals surface area contributed by atoms with Crippen molar-refractivity contribution in [2.75, 3.05) is 31.3 Å². The molecule has 5 unspecified atom stereocenters. The number of aromatic nitrogens is 3. The number of rotatable bonds is 11. The number of carbonyl (C=O) groups is 1. The van der Waals surface area contributed by atoms with Crippen LogP contribution in [0.4, 0.5) is 10.6 Å². The monoisotopic (exact) mass is 717 g/mol. The van der Waals surface area contributed by atoms with Gasteiger partial charge in [0, 0.05) is 47.6 Å². The molecule has 2 aromatic heterocycles. The Morgan fingerprint density at radius 2 is 2.17 bits per heavy atom. The number of benzene rings is 1. The molecule has 4 rings (SSSR count). The van der Waals surface area contributed by atoms with E-state index in [-0.39, 0.29) is 28.3 Å². The lowest BCUT2D eigenvalue weighted by Crippen LogP contribution is -2.29. The molecular formula is C25H29IN5O6PS2. The zero-order chi connectivity index (χ0) is 28.7. The number of nitrogens with two attached hydrogens (primary N) is 1.